The Hall–Kier alpha value is -0.790. The Morgan fingerprint density at radius 2 is 2.24 bits per heavy atom. The van der Waals surface area contributed by atoms with E-state index in [0.29, 0.717) is 11.3 Å². The molecule has 1 rings (SSSR count). The van der Waals surface area contributed by atoms with Crippen molar-refractivity contribution in [3.8, 4) is 0 Å². The third-order valence-electron chi connectivity index (χ3n) is 3.98. The molecule has 17 heavy (non-hydrogen) atoms. The number of carbonyl (C=O) groups is 1. The van der Waals surface area contributed by atoms with Gasteiger partial charge in [-0.05, 0) is 50.4 Å². The summed E-state index contributed by atoms with van der Waals surface area (Å²) in [5, 5.41) is 0. The summed E-state index contributed by atoms with van der Waals surface area (Å²) < 4.78 is 5.18. The third-order valence-corrected chi connectivity index (χ3v) is 3.98. The van der Waals surface area contributed by atoms with Crippen LogP contribution in [0.5, 0.6) is 0 Å². The van der Waals surface area contributed by atoms with E-state index in [1.165, 1.54) is 25.3 Å². The first-order chi connectivity index (χ1) is 7.83. The number of hydrogen-bond donors (Lipinski definition) is 0. The third kappa shape index (κ3) is 4.18. The Labute approximate surface area is 105 Å². The molecule has 1 fully saturated rings. The first kappa shape index (κ1) is 14.3. The van der Waals surface area contributed by atoms with Gasteiger partial charge in [0.15, 0.2) is 0 Å². The van der Waals surface area contributed by atoms with Crippen molar-refractivity contribution >= 4 is 5.97 Å². The number of hydrogen-bond acceptors (Lipinski definition) is 2. The van der Waals surface area contributed by atoms with E-state index in [4.69, 9.17) is 4.74 Å². The summed E-state index contributed by atoms with van der Waals surface area (Å²) in [5.41, 5.74) is 1.74. The molecule has 2 heteroatoms. The zero-order valence-corrected chi connectivity index (χ0v) is 11.7. The Morgan fingerprint density at radius 3 is 2.76 bits per heavy atom. The second-order valence-electron chi connectivity index (χ2n) is 6.05. The molecule has 0 radical (unpaired) electrons. The molecule has 0 heterocycles. The first-order valence-electron chi connectivity index (χ1n) is 6.68. The van der Waals surface area contributed by atoms with Crippen LogP contribution in [0.2, 0.25) is 0 Å². The van der Waals surface area contributed by atoms with Crippen LogP contribution in [0, 0.1) is 11.3 Å². The van der Waals surface area contributed by atoms with Gasteiger partial charge in [-0.25, -0.2) is 0 Å². The van der Waals surface area contributed by atoms with E-state index < -0.39 is 0 Å². The molecule has 0 aromatic carbocycles. The van der Waals surface area contributed by atoms with Crippen LogP contribution < -0.4 is 0 Å². The number of rotatable bonds is 4. The minimum absolute atomic E-state index is 0.0260. The normalized spacial score (nSPS) is 25.4. The van der Waals surface area contributed by atoms with Crippen molar-refractivity contribution in [1.29, 1.82) is 0 Å². The molecular formula is C15H26O2. The summed E-state index contributed by atoms with van der Waals surface area (Å²) in [5.74, 6) is 0.397. The van der Waals surface area contributed by atoms with Crippen LogP contribution in [0.25, 0.3) is 0 Å². The fraction of sp³-hybridized carbons (Fsp3) is 0.800. The molecule has 0 aliphatic heterocycles. The standard InChI is InChI=1S/C15H26O2/c1-11-7-6-10-15(4,5)14(11)9-8-12(2)17-13(3)16/h12,14H,1,6-10H2,2-5H3. The lowest BCUT2D eigenvalue weighted by Gasteiger charge is -2.40. The molecular weight excluding hydrogens is 212 g/mol. The van der Waals surface area contributed by atoms with E-state index in [1.807, 2.05) is 6.92 Å². The van der Waals surface area contributed by atoms with Gasteiger partial charge in [-0.15, -0.1) is 0 Å². The van der Waals surface area contributed by atoms with Crippen LogP contribution in [0.1, 0.15) is 59.8 Å². The van der Waals surface area contributed by atoms with E-state index >= 15 is 0 Å². The first-order valence-corrected chi connectivity index (χ1v) is 6.68. The summed E-state index contributed by atoms with van der Waals surface area (Å²) in [6.45, 7) is 12.3. The van der Waals surface area contributed by atoms with E-state index in [-0.39, 0.29) is 12.1 Å². The maximum atomic E-state index is 10.9. The highest BCUT2D eigenvalue weighted by molar-refractivity contribution is 5.66. The van der Waals surface area contributed by atoms with Crippen molar-refractivity contribution in [1.82, 2.24) is 0 Å². The monoisotopic (exact) mass is 238 g/mol. The Balaban J connectivity index is 2.48. The molecule has 1 aliphatic rings. The summed E-state index contributed by atoms with van der Waals surface area (Å²) in [7, 11) is 0. The second-order valence-corrected chi connectivity index (χ2v) is 6.05. The maximum Gasteiger partial charge on any atom is 0.302 e. The predicted octanol–water partition coefficient (Wildman–Crippen LogP) is 4.10. The molecule has 2 atom stereocenters. The Morgan fingerprint density at radius 1 is 1.59 bits per heavy atom. The number of esters is 1. The molecule has 0 amide bonds. The van der Waals surface area contributed by atoms with Crippen LogP contribution in [0.3, 0.4) is 0 Å². The zero-order valence-electron chi connectivity index (χ0n) is 11.7. The second kappa shape index (κ2) is 5.70. The average molecular weight is 238 g/mol. The zero-order chi connectivity index (χ0) is 13.1. The molecule has 2 unspecified atom stereocenters. The van der Waals surface area contributed by atoms with Crippen LogP contribution in [0.15, 0.2) is 12.2 Å². The summed E-state index contributed by atoms with van der Waals surface area (Å²) in [6, 6.07) is 0. The topological polar surface area (TPSA) is 26.3 Å². The van der Waals surface area contributed by atoms with E-state index in [9.17, 15) is 4.79 Å². The predicted molar refractivity (Wildman–Crippen MR) is 70.7 cm³/mol. The lowest BCUT2D eigenvalue weighted by molar-refractivity contribution is -0.145. The fourth-order valence-corrected chi connectivity index (χ4v) is 3.01. The van der Waals surface area contributed by atoms with Crippen molar-refractivity contribution in [2.75, 3.05) is 0 Å². The van der Waals surface area contributed by atoms with Crippen LogP contribution in [0.4, 0.5) is 0 Å². The molecule has 98 valence electrons. The van der Waals surface area contributed by atoms with Gasteiger partial charge >= 0.3 is 5.97 Å². The van der Waals surface area contributed by atoms with Crippen LogP contribution in [-0.4, -0.2) is 12.1 Å². The minimum Gasteiger partial charge on any atom is -0.463 e. The molecule has 0 bridgehead atoms. The number of allylic oxidation sites excluding steroid dienone is 1. The van der Waals surface area contributed by atoms with Crippen LogP contribution in [-0.2, 0) is 9.53 Å². The van der Waals surface area contributed by atoms with Crippen molar-refractivity contribution in [2.45, 2.75) is 65.9 Å². The van der Waals surface area contributed by atoms with Crippen molar-refractivity contribution < 1.29 is 9.53 Å². The smallest absolute Gasteiger partial charge is 0.302 e. The van der Waals surface area contributed by atoms with Crippen LogP contribution >= 0.6 is 0 Å². The molecule has 0 aromatic heterocycles. The number of ether oxygens (including phenoxy) is 1. The number of carbonyl (C=O) groups excluding carboxylic acids is 1. The van der Waals surface area contributed by atoms with Gasteiger partial charge in [0.25, 0.3) is 0 Å². The van der Waals surface area contributed by atoms with Gasteiger partial charge in [-0.2, -0.15) is 0 Å². The van der Waals surface area contributed by atoms with Gasteiger partial charge in [0.05, 0.1) is 6.10 Å². The highest BCUT2D eigenvalue weighted by Crippen LogP contribution is 2.45. The quantitative estimate of drug-likeness (QED) is 0.544. The SMILES string of the molecule is C=C1CCCC(C)(C)C1CCC(C)OC(C)=O. The van der Waals surface area contributed by atoms with Crippen molar-refractivity contribution in [3.05, 3.63) is 12.2 Å². The van der Waals surface area contributed by atoms with E-state index in [2.05, 4.69) is 20.4 Å². The molecule has 0 N–H and O–H groups in total. The van der Waals surface area contributed by atoms with Gasteiger partial charge < -0.3 is 4.74 Å². The van der Waals surface area contributed by atoms with E-state index in [0.717, 1.165) is 19.3 Å². The van der Waals surface area contributed by atoms with Gasteiger partial charge in [0.1, 0.15) is 0 Å². The van der Waals surface area contributed by atoms with Gasteiger partial charge in [-0.3, -0.25) is 4.79 Å². The minimum atomic E-state index is -0.181. The van der Waals surface area contributed by atoms with E-state index in [1.54, 1.807) is 0 Å². The van der Waals surface area contributed by atoms with Gasteiger partial charge in [0.2, 0.25) is 0 Å². The molecule has 1 saturated carbocycles. The Bertz CT molecular complexity index is 291. The van der Waals surface area contributed by atoms with Gasteiger partial charge in [-0.1, -0.05) is 26.0 Å². The molecule has 2 nitrogen and oxygen atoms in total. The highest BCUT2D eigenvalue weighted by atomic mass is 16.5. The molecule has 0 spiro atoms. The van der Waals surface area contributed by atoms with Gasteiger partial charge in [0, 0.05) is 6.92 Å². The van der Waals surface area contributed by atoms with Crippen molar-refractivity contribution in [2.24, 2.45) is 11.3 Å². The summed E-state index contributed by atoms with van der Waals surface area (Å²) in [6.07, 6.45) is 5.75. The Kier molecular flexibility index (Phi) is 4.79. The average Bonchev–Trinajstić information content (AvgIpc) is 2.14. The molecule has 0 aromatic rings. The summed E-state index contributed by atoms with van der Waals surface area (Å²) in [4.78, 5) is 10.9. The molecule has 1 aliphatic carbocycles. The fourth-order valence-electron chi connectivity index (χ4n) is 3.01. The lowest BCUT2D eigenvalue weighted by atomic mass is 9.65. The lowest BCUT2D eigenvalue weighted by Crippen LogP contribution is -2.30. The van der Waals surface area contributed by atoms with Crippen molar-refractivity contribution in [3.63, 3.8) is 0 Å². The largest absolute Gasteiger partial charge is 0.463 e. The molecule has 0 saturated heterocycles. The highest BCUT2D eigenvalue weighted by Gasteiger charge is 2.34. The summed E-state index contributed by atoms with van der Waals surface area (Å²) >= 11 is 0. The maximum absolute atomic E-state index is 10.9.